The van der Waals surface area contributed by atoms with Crippen molar-refractivity contribution in [2.45, 2.75) is 8.48 Å². The van der Waals surface area contributed by atoms with Gasteiger partial charge in [0.25, 0.3) is 0 Å². The summed E-state index contributed by atoms with van der Waals surface area (Å²) in [7, 11) is -3.73. The van der Waals surface area contributed by atoms with Crippen LogP contribution in [-0.2, 0) is 9.84 Å². The van der Waals surface area contributed by atoms with Gasteiger partial charge >= 0.3 is 0 Å². The summed E-state index contributed by atoms with van der Waals surface area (Å²) in [6, 6.07) is 1.56. The van der Waals surface area contributed by atoms with Gasteiger partial charge in [0.2, 0.25) is 0 Å². The Bertz CT molecular complexity index is 518. The Kier molecular flexibility index (Phi) is 4.41. The molecule has 0 aromatic heterocycles. The lowest BCUT2D eigenvalue weighted by atomic mass is 10.2. The fraction of sp³-hybridized carbons (Fsp3) is 0.222. The molecule has 1 rings (SSSR count). The Morgan fingerprint density at radius 2 is 2.19 bits per heavy atom. The molecule has 1 aliphatic carbocycles. The summed E-state index contributed by atoms with van der Waals surface area (Å²) in [5.41, 5.74) is 0. The van der Waals surface area contributed by atoms with E-state index in [0.717, 1.165) is 5.41 Å². The van der Waals surface area contributed by atoms with Crippen LogP contribution in [0.15, 0.2) is 34.7 Å². The maximum atomic E-state index is 12.0. The largest absolute Gasteiger partial charge is 0.222 e. The molecule has 7 heteroatoms. The lowest BCUT2D eigenvalue weighted by Crippen LogP contribution is -2.37. The maximum absolute atomic E-state index is 12.0. The van der Waals surface area contributed by atoms with Crippen molar-refractivity contribution in [3.05, 3.63) is 34.7 Å². The van der Waals surface area contributed by atoms with Gasteiger partial charge in [-0.25, -0.2) is 8.42 Å². The van der Waals surface area contributed by atoms with E-state index in [1.54, 1.807) is 24.3 Å². The van der Waals surface area contributed by atoms with E-state index in [4.69, 9.17) is 16.9 Å². The van der Waals surface area contributed by atoms with Gasteiger partial charge < -0.3 is 0 Å². The van der Waals surface area contributed by atoms with E-state index in [1.165, 1.54) is 6.08 Å². The molecule has 2 unspecified atom stereocenters. The van der Waals surface area contributed by atoms with E-state index < -0.39 is 18.3 Å². The summed E-state index contributed by atoms with van der Waals surface area (Å²) >= 11 is 11.8. The minimum absolute atomic E-state index is 0.374. The molecule has 0 heterocycles. The molecule has 0 saturated heterocycles. The number of allylic oxidation sites excluding steroid dienone is 4. The van der Waals surface area contributed by atoms with Crippen LogP contribution >= 0.6 is 43.5 Å². The fourth-order valence-corrected chi connectivity index (χ4v) is 4.29. The van der Waals surface area contributed by atoms with Crippen molar-refractivity contribution in [3.8, 4) is 6.07 Å². The number of sulfone groups is 1. The van der Waals surface area contributed by atoms with Crippen LogP contribution < -0.4 is 0 Å². The van der Waals surface area contributed by atoms with Gasteiger partial charge in [0.1, 0.15) is 11.1 Å². The summed E-state index contributed by atoms with van der Waals surface area (Å²) in [6.45, 7) is 0. The highest BCUT2D eigenvalue weighted by atomic mass is 79.9. The Morgan fingerprint density at radius 1 is 1.56 bits per heavy atom. The number of nitriles is 1. The molecule has 0 aliphatic heterocycles. The zero-order valence-electron chi connectivity index (χ0n) is 7.77. The highest BCUT2D eigenvalue weighted by Gasteiger charge is 2.44. The molecule has 86 valence electrons. The predicted molar refractivity (Wildman–Crippen MR) is 71.1 cm³/mol. The van der Waals surface area contributed by atoms with Crippen molar-refractivity contribution < 1.29 is 8.42 Å². The quantitative estimate of drug-likeness (QED) is 0.541. The molecule has 2 atom stereocenters. The number of hydrogen-bond acceptors (Lipinski definition) is 3. The molecule has 0 spiro atoms. The van der Waals surface area contributed by atoms with Crippen LogP contribution in [0.2, 0.25) is 0 Å². The van der Waals surface area contributed by atoms with Gasteiger partial charge in [0.05, 0.1) is 10.2 Å². The standard InChI is InChI=1S/C9H6Br2ClNO2S/c10-8-3-1-2-4-9(8,11)16(14,15)6-7(12)5-13/h1-4,6,8H. The van der Waals surface area contributed by atoms with E-state index in [2.05, 4.69) is 31.9 Å². The maximum Gasteiger partial charge on any atom is 0.194 e. The Morgan fingerprint density at radius 3 is 2.69 bits per heavy atom. The first-order valence-electron chi connectivity index (χ1n) is 4.04. The first-order chi connectivity index (χ1) is 7.33. The Labute approximate surface area is 116 Å². The third-order valence-electron chi connectivity index (χ3n) is 1.89. The topological polar surface area (TPSA) is 57.9 Å². The van der Waals surface area contributed by atoms with Crippen molar-refractivity contribution in [1.29, 1.82) is 5.26 Å². The lowest BCUT2D eigenvalue weighted by molar-refractivity contribution is 0.595. The Hall–Kier alpha value is -0.0900. The third-order valence-corrected chi connectivity index (χ3v) is 8.08. The number of halogens is 3. The average Bonchev–Trinajstić information content (AvgIpc) is 2.21. The molecule has 0 fully saturated rings. The van der Waals surface area contributed by atoms with Crippen molar-refractivity contribution in [2.75, 3.05) is 0 Å². The summed E-state index contributed by atoms with van der Waals surface area (Å²) in [6.07, 6.45) is 6.50. The zero-order chi connectivity index (χ0) is 12.4. The second kappa shape index (κ2) is 5.05. The zero-order valence-corrected chi connectivity index (χ0v) is 12.5. The normalized spacial score (nSPS) is 30.1. The second-order valence-electron chi connectivity index (χ2n) is 2.97. The van der Waals surface area contributed by atoms with Crippen LogP contribution in [0.3, 0.4) is 0 Å². The summed E-state index contributed by atoms with van der Waals surface area (Å²) in [4.78, 5) is -0.436. The van der Waals surface area contributed by atoms with Crippen molar-refractivity contribution in [3.63, 3.8) is 0 Å². The summed E-state index contributed by atoms with van der Waals surface area (Å²) in [5, 5.41) is 8.85. The van der Waals surface area contributed by atoms with E-state index in [9.17, 15) is 8.42 Å². The van der Waals surface area contributed by atoms with Gasteiger partial charge in [-0.2, -0.15) is 5.26 Å². The molecule has 0 saturated carbocycles. The van der Waals surface area contributed by atoms with E-state index in [0.29, 0.717) is 0 Å². The molecule has 3 nitrogen and oxygen atoms in total. The molecular weight excluding hydrogens is 381 g/mol. The summed E-state index contributed by atoms with van der Waals surface area (Å²) in [5.74, 6) is 0. The van der Waals surface area contributed by atoms with Gasteiger partial charge in [-0.1, -0.05) is 67.8 Å². The number of hydrogen-bond donors (Lipinski definition) is 0. The van der Waals surface area contributed by atoms with Crippen LogP contribution in [0, 0.1) is 11.3 Å². The molecule has 0 radical (unpaired) electrons. The van der Waals surface area contributed by atoms with E-state index >= 15 is 0 Å². The van der Waals surface area contributed by atoms with Crippen LogP contribution in [0.5, 0.6) is 0 Å². The molecule has 0 bridgehead atoms. The fourth-order valence-electron chi connectivity index (χ4n) is 1.08. The number of rotatable bonds is 2. The molecule has 0 N–H and O–H groups in total. The smallest absolute Gasteiger partial charge is 0.194 e. The molecular formula is C9H6Br2ClNO2S. The first-order valence-corrected chi connectivity index (χ1v) is 7.68. The average molecular weight is 387 g/mol. The first kappa shape index (κ1) is 14.0. The Balaban J connectivity index is 3.25. The van der Waals surface area contributed by atoms with Gasteiger partial charge in [0, 0.05) is 0 Å². The minimum atomic E-state index is -3.73. The monoisotopic (exact) mass is 385 g/mol. The lowest BCUT2D eigenvalue weighted by Gasteiger charge is -2.27. The van der Waals surface area contributed by atoms with Crippen molar-refractivity contribution >= 4 is 53.3 Å². The number of nitrogens with zero attached hydrogens (tertiary/aromatic N) is 1. The van der Waals surface area contributed by atoms with Crippen molar-refractivity contribution in [1.82, 2.24) is 0 Å². The van der Waals surface area contributed by atoms with Gasteiger partial charge in [-0.05, 0) is 0 Å². The van der Waals surface area contributed by atoms with Gasteiger partial charge in [-0.15, -0.1) is 0 Å². The van der Waals surface area contributed by atoms with Gasteiger partial charge in [-0.3, -0.25) is 0 Å². The second-order valence-corrected chi connectivity index (χ2v) is 8.20. The molecule has 16 heavy (non-hydrogen) atoms. The molecule has 0 amide bonds. The van der Waals surface area contributed by atoms with Gasteiger partial charge in [0.15, 0.2) is 13.5 Å². The highest BCUT2D eigenvalue weighted by Crippen LogP contribution is 2.39. The van der Waals surface area contributed by atoms with E-state index in [1.807, 2.05) is 0 Å². The summed E-state index contributed by atoms with van der Waals surface area (Å²) < 4.78 is 22.7. The van der Waals surface area contributed by atoms with Crippen LogP contribution in [0.25, 0.3) is 0 Å². The SMILES string of the molecule is N#CC(Cl)=CS(=O)(=O)C1(Br)C=CC=CC1Br. The van der Waals surface area contributed by atoms with Crippen LogP contribution in [0.1, 0.15) is 0 Å². The molecule has 0 aromatic rings. The number of alkyl halides is 2. The third kappa shape index (κ3) is 2.59. The predicted octanol–water partition coefficient (Wildman–Crippen LogP) is 2.99. The van der Waals surface area contributed by atoms with Crippen LogP contribution in [0.4, 0.5) is 0 Å². The van der Waals surface area contributed by atoms with Crippen LogP contribution in [-0.4, -0.2) is 16.9 Å². The minimum Gasteiger partial charge on any atom is -0.222 e. The molecule has 0 aromatic carbocycles. The highest BCUT2D eigenvalue weighted by molar-refractivity contribution is 9.14. The molecule has 1 aliphatic rings. The van der Waals surface area contributed by atoms with E-state index in [-0.39, 0.29) is 5.03 Å². The van der Waals surface area contributed by atoms with Crippen molar-refractivity contribution in [2.24, 2.45) is 0 Å².